The molecular formula is C20H27N3O3S. The molecule has 6 nitrogen and oxygen atoms in total. The van der Waals surface area contributed by atoms with Crippen LogP contribution in [-0.4, -0.2) is 39.0 Å². The number of thioether (sulfide) groups is 1. The van der Waals surface area contributed by atoms with Crippen molar-refractivity contribution in [2.45, 2.75) is 56.8 Å². The van der Waals surface area contributed by atoms with Crippen LogP contribution in [0.5, 0.6) is 0 Å². The van der Waals surface area contributed by atoms with Crippen molar-refractivity contribution in [3.63, 3.8) is 0 Å². The Morgan fingerprint density at radius 1 is 1.33 bits per heavy atom. The number of para-hydroxylation sites is 1. The number of rotatable bonds is 7. The van der Waals surface area contributed by atoms with Gasteiger partial charge in [-0.15, -0.1) is 0 Å². The monoisotopic (exact) mass is 389 g/mol. The molecule has 7 heteroatoms. The second-order valence-electron chi connectivity index (χ2n) is 7.17. The highest BCUT2D eigenvalue weighted by Crippen LogP contribution is 2.24. The Balaban J connectivity index is 1.74. The molecule has 1 aromatic carbocycles. The van der Waals surface area contributed by atoms with Crippen molar-refractivity contribution in [3.05, 3.63) is 34.6 Å². The minimum atomic E-state index is -0.127. The van der Waals surface area contributed by atoms with Gasteiger partial charge in [-0.3, -0.25) is 14.2 Å². The molecule has 0 radical (unpaired) electrons. The summed E-state index contributed by atoms with van der Waals surface area (Å²) in [4.78, 5) is 29.8. The lowest BCUT2D eigenvalue weighted by Crippen LogP contribution is -2.42. The average molecular weight is 390 g/mol. The zero-order valence-electron chi connectivity index (χ0n) is 15.7. The third kappa shape index (κ3) is 4.90. The molecule has 2 N–H and O–H groups in total. The standard InChI is InChI=1S/C20H27N3O3S/c1-14-7-2-4-9-16(14)21-18(25)13-27-20-22-17-10-5-3-8-15(17)19(26)23(20)11-6-12-24/h3,5,8,10,14,16,24H,2,4,6-7,9,11-13H2,1H3,(H,21,25)/t14-,16+/m0/s1. The first-order valence-corrected chi connectivity index (χ1v) is 10.6. The summed E-state index contributed by atoms with van der Waals surface area (Å²) in [5, 5.41) is 13.4. The van der Waals surface area contributed by atoms with Crippen LogP contribution in [0.1, 0.15) is 39.0 Å². The number of benzene rings is 1. The quantitative estimate of drug-likeness (QED) is 0.562. The number of carbonyl (C=O) groups is 1. The maximum atomic E-state index is 12.8. The number of aliphatic hydroxyl groups excluding tert-OH is 1. The summed E-state index contributed by atoms with van der Waals surface area (Å²) in [6.07, 6.45) is 5.06. The van der Waals surface area contributed by atoms with Gasteiger partial charge in [0.1, 0.15) is 0 Å². The molecule has 1 saturated carbocycles. The van der Waals surface area contributed by atoms with E-state index in [4.69, 9.17) is 5.11 Å². The largest absolute Gasteiger partial charge is 0.396 e. The minimum Gasteiger partial charge on any atom is -0.396 e. The fourth-order valence-electron chi connectivity index (χ4n) is 3.59. The molecule has 2 atom stereocenters. The molecular weight excluding hydrogens is 362 g/mol. The van der Waals surface area contributed by atoms with Gasteiger partial charge in [0.2, 0.25) is 5.91 Å². The number of amides is 1. The van der Waals surface area contributed by atoms with Crippen molar-refractivity contribution in [2.75, 3.05) is 12.4 Å². The van der Waals surface area contributed by atoms with Crippen LogP contribution in [0.15, 0.2) is 34.2 Å². The lowest BCUT2D eigenvalue weighted by molar-refractivity contribution is -0.119. The van der Waals surface area contributed by atoms with E-state index in [1.807, 2.05) is 12.1 Å². The zero-order chi connectivity index (χ0) is 19.2. The van der Waals surface area contributed by atoms with Gasteiger partial charge < -0.3 is 10.4 Å². The minimum absolute atomic E-state index is 0.00340. The number of nitrogens with zero attached hydrogens (tertiary/aromatic N) is 2. The normalized spacial score (nSPS) is 19.9. The third-order valence-electron chi connectivity index (χ3n) is 5.16. The predicted molar refractivity (Wildman–Crippen MR) is 108 cm³/mol. The molecule has 0 saturated heterocycles. The Kier molecular flexibility index (Phi) is 6.90. The van der Waals surface area contributed by atoms with E-state index >= 15 is 0 Å². The van der Waals surface area contributed by atoms with Crippen molar-refractivity contribution in [1.29, 1.82) is 0 Å². The lowest BCUT2D eigenvalue weighted by Gasteiger charge is -2.29. The molecule has 0 aliphatic heterocycles. The summed E-state index contributed by atoms with van der Waals surface area (Å²) in [6, 6.07) is 7.46. The average Bonchev–Trinajstić information content (AvgIpc) is 2.68. The fourth-order valence-corrected chi connectivity index (χ4v) is 4.43. The maximum absolute atomic E-state index is 12.8. The number of nitrogens with one attached hydrogen (secondary N) is 1. The molecule has 1 aliphatic rings. The summed E-state index contributed by atoms with van der Waals surface area (Å²) in [7, 11) is 0. The molecule has 27 heavy (non-hydrogen) atoms. The molecule has 0 bridgehead atoms. The van der Waals surface area contributed by atoms with Gasteiger partial charge in [-0.2, -0.15) is 0 Å². The molecule has 2 aromatic rings. The number of carbonyl (C=O) groups excluding carboxylic acids is 1. The number of hydrogen-bond donors (Lipinski definition) is 2. The summed E-state index contributed by atoms with van der Waals surface area (Å²) in [5.74, 6) is 0.719. The van der Waals surface area contributed by atoms with Crippen LogP contribution in [0.3, 0.4) is 0 Å². The van der Waals surface area contributed by atoms with Gasteiger partial charge in [0.05, 0.1) is 16.7 Å². The van der Waals surface area contributed by atoms with Gasteiger partial charge in [-0.1, -0.05) is 43.7 Å². The first kappa shape index (κ1) is 19.9. The fraction of sp³-hybridized carbons (Fsp3) is 0.550. The van der Waals surface area contributed by atoms with E-state index < -0.39 is 0 Å². The summed E-state index contributed by atoms with van der Waals surface area (Å²) < 4.78 is 1.57. The van der Waals surface area contributed by atoms with Crippen LogP contribution in [0.2, 0.25) is 0 Å². The molecule has 0 spiro atoms. The van der Waals surface area contributed by atoms with E-state index in [1.165, 1.54) is 18.2 Å². The van der Waals surface area contributed by atoms with Gasteiger partial charge in [-0.05, 0) is 37.3 Å². The Labute approximate surface area is 163 Å². The van der Waals surface area contributed by atoms with Crippen LogP contribution >= 0.6 is 11.8 Å². The Morgan fingerprint density at radius 2 is 2.11 bits per heavy atom. The smallest absolute Gasteiger partial charge is 0.262 e. The van der Waals surface area contributed by atoms with Crippen molar-refractivity contribution >= 4 is 28.6 Å². The highest BCUT2D eigenvalue weighted by molar-refractivity contribution is 7.99. The second-order valence-corrected chi connectivity index (χ2v) is 8.11. The van der Waals surface area contributed by atoms with Crippen molar-refractivity contribution in [2.24, 2.45) is 5.92 Å². The topological polar surface area (TPSA) is 84.2 Å². The van der Waals surface area contributed by atoms with E-state index in [9.17, 15) is 9.59 Å². The van der Waals surface area contributed by atoms with E-state index in [0.717, 1.165) is 19.3 Å². The van der Waals surface area contributed by atoms with Gasteiger partial charge in [0.25, 0.3) is 5.56 Å². The van der Waals surface area contributed by atoms with Gasteiger partial charge >= 0.3 is 0 Å². The molecule has 0 unspecified atom stereocenters. The first-order chi connectivity index (χ1) is 13.1. The van der Waals surface area contributed by atoms with Crippen LogP contribution in [0.25, 0.3) is 10.9 Å². The number of fused-ring (bicyclic) bond motifs is 1. The number of aromatic nitrogens is 2. The molecule has 1 heterocycles. The SMILES string of the molecule is C[C@H]1CCCC[C@H]1NC(=O)CSc1nc2ccccc2c(=O)n1CCCO. The van der Waals surface area contributed by atoms with E-state index in [1.54, 1.807) is 16.7 Å². The molecule has 3 rings (SSSR count). The molecule has 1 amide bonds. The summed E-state index contributed by atoms with van der Waals surface area (Å²) in [6.45, 7) is 2.58. The van der Waals surface area contributed by atoms with Crippen molar-refractivity contribution in [1.82, 2.24) is 14.9 Å². The van der Waals surface area contributed by atoms with E-state index in [2.05, 4.69) is 17.2 Å². The van der Waals surface area contributed by atoms with Gasteiger partial charge in [0, 0.05) is 19.2 Å². The highest BCUT2D eigenvalue weighted by Gasteiger charge is 2.23. The Morgan fingerprint density at radius 3 is 2.89 bits per heavy atom. The number of hydrogen-bond acceptors (Lipinski definition) is 5. The Hall–Kier alpha value is -1.86. The molecule has 1 aromatic heterocycles. The first-order valence-electron chi connectivity index (χ1n) is 9.62. The summed E-state index contributed by atoms with van der Waals surface area (Å²) in [5.41, 5.74) is 0.504. The molecule has 1 fully saturated rings. The summed E-state index contributed by atoms with van der Waals surface area (Å²) >= 11 is 1.28. The van der Waals surface area contributed by atoms with Crippen LogP contribution in [-0.2, 0) is 11.3 Å². The van der Waals surface area contributed by atoms with Crippen molar-refractivity contribution in [3.8, 4) is 0 Å². The van der Waals surface area contributed by atoms with Gasteiger partial charge in [-0.25, -0.2) is 4.98 Å². The van der Waals surface area contributed by atoms with E-state index in [0.29, 0.717) is 34.9 Å². The molecule has 1 aliphatic carbocycles. The van der Waals surface area contributed by atoms with Gasteiger partial charge in [0.15, 0.2) is 5.16 Å². The Bertz CT molecular complexity index is 852. The highest BCUT2D eigenvalue weighted by atomic mass is 32.2. The third-order valence-corrected chi connectivity index (χ3v) is 6.13. The zero-order valence-corrected chi connectivity index (χ0v) is 16.5. The predicted octanol–water partition coefficient (Wildman–Crippen LogP) is 2.57. The van der Waals surface area contributed by atoms with Crippen LogP contribution in [0, 0.1) is 5.92 Å². The van der Waals surface area contributed by atoms with Crippen molar-refractivity contribution < 1.29 is 9.90 Å². The molecule has 146 valence electrons. The van der Waals surface area contributed by atoms with Crippen LogP contribution in [0.4, 0.5) is 0 Å². The maximum Gasteiger partial charge on any atom is 0.262 e. The second kappa shape index (κ2) is 9.37. The lowest BCUT2D eigenvalue weighted by atomic mass is 9.86. The number of aliphatic hydroxyl groups is 1. The van der Waals surface area contributed by atoms with E-state index in [-0.39, 0.29) is 29.9 Å². The van der Waals surface area contributed by atoms with Crippen LogP contribution < -0.4 is 10.9 Å².